The molecular weight excluding hydrogens is 821 g/mol. The van der Waals surface area contributed by atoms with Gasteiger partial charge in [-0.1, -0.05) is 103 Å². The van der Waals surface area contributed by atoms with Gasteiger partial charge in [0.2, 0.25) is 6.29 Å². The Bertz CT molecular complexity index is 1650. The topological polar surface area (TPSA) is 111 Å². The minimum Gasteiger partial charge on any atom is -0.494 e. The lowest BCUT2D eigenvalue weighted by molar-refractivity contribution is -0.163. The van der Waals surface area contributed by atoms with E-state index in [0.29, 0.717) is 35.8 Å². The molecular formula is C55H82O10. The van der Waals surface area contributed by atoms with Crippen LogP contribution in [-0.2, 0) is 18.9 Å². The zero-order valence-corrected chi connectivity index (χ0v) is 39.8. The number of hydrogen-bond acceptors (Lipinski definition) is 10. The second-order valence-corrected chi connectivity index (χ2v) is 18.0. The maximum absolute atomic E-state index is 12.9. The molecule has 0 aliphatic carbocycles. The molecule has 362 valence electrons. The van der Waals surface area contributed by atoms with Crippen molar-refractivity contribution >= 4 is 5.97 Å². The standard InChI is InChI=1S/C55H82O10/c1-45-44-50(64-54(56)46-28-32-48(33-29-46)58-38-20-14-10-6-2-4-8-12-16-22-40-60-52-26-18-24-42-62-52)36-37-51(45)65-55(57)47-30-34-49(35-31-47)59-39-21-15-11-7-3-5-9-13-17-23-41-61-53-27-19-25-43-63-53/h28-37,44,52-53,55,57H,2-27,38-43H2,1H3. The van der Waals surface area contributed by atoms with Crippen molar-refractivity contribution in [2.24, 2.45) is 0 Å². The van der Waals surface area contributed by atoms with Crippen molar-refractivity contribution in [1.29, 1.82) is 0 Å². The van der Waals surface area contributed by atoms with E-state index in [1.807, 2.05) is 43.3 Å². The van der Waals surface area contributed by atoms with Gasteiger partial charge in [0, 0.05) is 32.0 Å². The zero-order valence-electron chi connectivity index (χ0n) is 39.8. The van der Waals surface area contributed by atoms with Gasteiger partial charge in [-0.25, -0.2) is 4.79 Å². The molecule has 2 aliphatic rings. The second-order valence-electron chi connectivity index (χ2n) is 18.0. The van der Waals surface area contributed by atoms with Gasteiger partial charge in [0.05, 0.1) is 18.8 Å². The van der Waals surface area contributed by atoms with Crippen LogP contribution in [0.1, 0.15) is 195 Å². The SMILES string of the molecule is Cc1cc(OC(=O)c2ccc(OCCCCCCCCCCCCOC3CCCCO3)cc2)ccc1OC(O)c1ccc(OCCCCCCCCCCCCOC2CCCCO2)cc1. The molecule has 0 bridgehead atoms. The Hall–Kier alpha value is -3.67. The molecule has 3 unspecified atom stereocenters. The summed E-state index contributed by atoms with van der Waals surface area (Å²) >= 11 is 0. The molecule has 0 saturated carbocycles. The van der Waals surface area contributed by atoms with Gasteiger partial charge in [0.1, 0.15) is 23.0 Å². The van der Waals surface area contributed by atoms with Crippen molar-refractivity contribution in [2.45, 2.75) is 193 Å². The number of esters is 1. The number of benzene rings is 3. The number of carbonyl (C=O) groups is 1. The summed E-state index contributed by atoms with van der Waals surface area (Å²) < 4.78 is 46.3. The number of ether oxygens (including phenoxy) is 8. The number of carbonyl (C=O) groups excluding carboxylic acids is 1. The van der Waals surface area contributed by atoms with E-state index in [9.17, 15) is 9.90 Å². The third kappa shape index (κ3) is 22.6. The first-order valence-corrected chi connectivity index (χ1v) is 25.6. The van der Waals surface area contributed by atoms with E-state index in [-0.39, 0.29) is 12.6 Å². The lowest BCUT2D eigenvalue weighted by atomic mass is 10.1. The zero-order chi connectivity index (χ0) is 45.4. The Kier molecular flexibility index (Phi) is 26.5. The van der Waals surface area contributed by atoms with Gasteiger partial charge in [-0.3, -0.25) is 0 Å². The molecule has 3 atom stereocenters. The summed E-state index contributed by atoms with van der Waals surface area (Å²) in [6, 6.07) is 19.5. The fraction of sp³-hybridized carbons (Fsp3) is 0.655. The molecule has 2 saturated heterocycles. The summed E-state index contributed by atoms with van der Waals surface area (Å²) in [6.45, 7) is 6.55. The van der Waals surface area contributed by atoms with E-state index in [1.54, 1.807) is 30.3 Å². The highest BCUT2D eigenvalue weighted by molar-refractivity contribution is 5.91. The molecule has 10 heteroatoms. The molecule has 5 rings (SSSR count). The molecule has 65 heavy (non-hydrogen) atoms. The monoisotopic (exact) mass is 903 g/mol. The number of aliphatic hydroxyl groups is 1. The third-order valence-electron chi connectivity index (χ3n) is 12.3. The fourth-order valence-corrected chi connectivity index (χ4v) is 8.32. The lowest BCUT2D eigenvalue weighted by Crippen LogP contribution is -2.22. The molecule has 10 nitrogen and oxygen atoms in total. The summed E-state index contributed by atoms with van der Waals surface area (Å²) in [5.74, 6) is 1.97. The maximum atomic E-state index is 12.9. The fourth-order valence-electron chi connectivity index (χ4n) is 8.32. The summed E-state index contributed by atoms with van der Waals surface area (Å²) in [5.41, 5.74) is 1.80. The first-order valence-electron chi connectivity index (χ1n) is 25.6. The second kappa shape index (κ2) is 32.9. The van der Waals surface area contributed by atoms with Crippen LogP contribution in [0.4, 0.5) is 0 Å². The van der Waals surface area contributed by atoms with Gasteiger partial charge in [0.15, 0.2) is 12.6 Å². The molecule has 3 aromatic rings. The summed E-state index contributed by atoms with van der Waals surface area (Å²) in [4.78, 5) is 12.9. The van der Waals surface area contributed by atoms with E-state index in [1.165, 1.54) is 122 Å². The van der Waals surface area contributed by atoms with E-state index < -0.39 is 12.3 Å². The molecule has 0 spiro atoms. The van der Waals surface area contributed by atoms with Crippen LogP contribution < -0.4 is 18.9 Å². The number of rotatable bonds is 35. The minimum atomic E-state index is -1.16. The largest absolute Gasteiger partial charge is 0.494 e. The van der Waals surface area contributed by atoms with E-state index in [2.05, 4.69) is 0 Å². The van der Waals surface area contributed by atoms with Crippen molar-refractivity contribution in [3.05, 3.63) is 83.4 Å². The van der Waals surface area contributed by atoms with Crippen molar-refractivity contribution in [3.8, 4) is 23.0 Å². The van der Waals surface area contributed by atoms with Crippen LogP contribution in [-0.4, -0.2) is 63.3 Å². The summed E-state index contributed by atoms with van der Waals surface area (Å²) in [6.07, 6.45) is 30.4. The summed E-state index contributed by atoms with van der Waals surface area (Å²) in [5, 5.41) is 10.8. The van der Waals surface area contributed by atoms with Gasteiger partial charge >= 0.3 is 5.97 Å². The van der Waals surface area contributed by atoms with Crippen LogP contribution in [0, 0.1) is 6.92 Å². The highest BCUT2D eigenvalue weighted by atomic mass is 16.7. The molecule has 3 aromatic carbocycles. The van der Waals surface area contributed by atoms with Crippen molar-refractivity contribution < 1.29 is 47.8 Å². The van der Waals surface area contributed by atoms with Gasteiger partial charge < -0.3 is 43.0 Å². The third-order valence-corrected chi connectivity index (χ3v) is 12.3. The highest BCUT2D eigenvalue weighted by Crippen LogP contribution is 2.29. The molecule has 2 fully saturated rings. The van der Waals surface area contributed by atoms with E-state index in [0.717, 1.165) is 88.4 Å². The quantitative estimate of drug-likeness (QED) is 0.0265. The molecule has 2 heterocycles. The molecule has 2 aliphatic heterocycles. The van der Waals surface area contributed by atoms with E-state index >= 15 is 0 Å². The van der Waals surface area contributed by atoms with Crippen LogP contribution in [0.2, 0.25) is 0 Å². The molecule has 0 radical (unpaired) electrons. The van der Waals surface area contributed by atoms with Crippen LogP contribution in [0.15, 0.2) is 66.7 Å². The van der Waals surface area contributed by atoms with Crippen molar-refractivity contribution in [1.82, 2.24) is 0 Å². The van der Waals surface area contributed by atoms with Gasteiger partial charge in [-0.05, 0) is 143 Å². The summed E-state index contributed by atoms with van der Waals surface area (Å²) in [7, 11) is 0. The smallest absolute Gasteiger partial charge is 0.343 e. The van der Waals surface area contributed by atoms with Crippen molar-refractivity contribution in [2.75, 3.05) is 39.6 Å². The average molecular weight is 903 g/mol. The minimum absolute atomic E-state index is 0.0420. The van der Waals surface area contributed by atoms with E-state index in [4.69, 9.17) is 37.9 Å². The first kappa shape index (κ1) is 52.3. The number of aryl methyl sites for hydroxylation is 1. The van der Waals surface area contributed by atoms with Crippen LogP contribution in [0.5, 0.6) is 23.0 Å². The maximum Gasteiger partial charge on any atom is 0.343 e. The van der Waals surface area contributed by atoms with Crippen LogP contribution >= 0.6 is 0 Å². The molecule has 1 N–H and O–H groups in total. The Morgan fingerprint density at radius 1 is 0.538 bits per heavy atom. The number of aliphatic hydroxyl groups excluding tert-OH is 1. The Morgan fingerprint density at radius 2 is 0.954 bits per heavy atom. The lowest BCUT2D eigenvalue weighted by Gasteiger charge is -2.22. The molecule has 0 aromatic heterocycles. The Labute approximate surface area is 391 Å². The normalized spacial score (nSPS) is 16.8. The van der Waals surface area contributed by atoms with Crippen LogP contribution in [0.3, 0.4) is 0 Å². The number of unbranched alkanes of at least 4 members (excludes halogenated alkanes) is 18. The average Bonchev–Trinajstić information content (AvgIpc) is 3.33. The van der Waals surface area contributed by atoms with Gasteiger partial charge in [-0.2, -0.15) is 0 Å². The predicted octanol–water partition coefficient (Wildman–Crippen LogP) is 13.9. The molecule has 0 amide bonds. The highest BCUT2D eigenvalue weighted by Gasteiger charge is 2.16. The first-order chi connectivity index (χ1) is 32.0. The Balaban J connectivity index is 0.837. The van der Waals surface area contributed by atoms with Crippen LogP contribution in [0.25, 0.3) is 0 Å². The number of hydrogen-bond donors (Lipinski definition) is 1. The Morgan fingerprint density at radius 3 is 1.38 bits per heavy atom. The van der Waals surface area contributed by atoms with Gasteiger partial charge in [0.25, 0.3) is 0 Å². The van der Waals surface area contributed by atoms with Gasteiger partial charge in [-0.15, -0.1) is 0 Å². The predicted molar refractivity (Wildman–Crippen MR) is 257 cm³/mol. The van der Waals surface area contributed by atoms with Crippen molar-refractivity contribution in [3.63, 3.8) is 0 Å².